The molecule has 1 aromatic rings. The molecule has 22 heavy (non-hydrogen) atoms. The van der Waals surface area contributed by atoms with Crippen LogP contribution < -0.4 is 5.32 Å². The van der Waals surface area contributed by atoms with Crippen LogP contribution in [0.4, 0.5) is 5.69 Å². The number of rotatable bonds is 4. The highest BCUT2D eigenvalue weighted by Gasteiger charge is 2.30. The maximum Gasteiger partial charge on any atom is 0.227 e. The zero-order chi connectivity index (χ0) is 16.3. The van der Waals surface area contributed by atoms with Crippen LogP contribution in [-0.4, -0.2) is 37.5 Å². The van der Waals surface area contributed by atoms with Gasteiger partial charge in [0.25, 0.3) is 0 Å². The standard InChI is InChI=1S/C15H21BrN2O3S/c1-3-22(20,21)18-8-6-12(7-9-18)15(19)17-13-5-4-11(2)14(16)10-13/h4-5,10,12H,3,6-9H2,1-2H3,(H,17,19). The van der Waals surface area contributed by atoms with Crippen LogP contribution in [0.1, 0.15) is 25.3 Å². The average Bonchev–Trinajstić information content (AvgIpc) is 2.51. The van der Waals surface area contributed by atoms with Crippen LogP contribution in [0, 0.1) is 12.8 Å². The number of benzene rings is 1. The molecule has 0 aliphatic carbocycles. The molecule has 0 radical (unpaired) electrons. The molecule has 122 valence electrons. The molecule has 1 aliphatic heterocycles. The first-order valence-electron chi connectivity index (χ1n) is 7.38. The van der Waals surface area contributed by atoms with Crippen molar-refractivity contribution in [3.63, 3.8) is 0 Å². The Kier molecular flexibility index (Phi) is 5.63. The summed E-state index contributed by atoms with van der Waals surface area (Å²) < 4.78 is 26.1. The van der Waals surface area contributed by atoms with Crippen LogP contribution in [0.5, 0.6) is 0 Å². The summed E-state index contributed by atoms with van der Waals surface area (Å²) in [6.45, 7) is 4.47. The Balaban J connectivity index is 1.94. The summed E-state index contributed by atoms with van der Waals surface area (Å²) in [5.41, 5.74) is 1.86. The summed E-state index contributed by atoms with van der Waals surface area (Å²) >= 11 is 3.44. The fraction of sp³-hybridized carbons (Fsp3) is 0.533. The van der Waals surface area contributed by atoms with E-state index < -0.39 is 10.0 Å². The Morgan fingerprint density at radius 1 is 1.36 bits per heavy atom. The minimum absolute atomic E-state index is 0.0377. The predicted octanol–water partition coefficient (Wildman–Crippen LogP) is 2.76. The molecule has 0 unspecified atom stereocenters. The highest BCUT2D eigenvalue weighted by molar-refractivity contribution is 9.10. The number of aryl methyl sites for hydroxylation is 1. The number of nitrogens with zero attached hydrogens (tertiary/aromatic N) is 1. The van der Waals surface area contributed by atoms with E-state index in [1.807, 2.05) is 25.1 Å². The smallest absolute Gasteiger partial charge is 0.227 e. The van der Waals surface area contributed by atoms with Crippen molar-refractivity contribution in [2.24, 2.45) is 5.92 Å². The van der Waals surface area contributed by atoms with Crippen LogP contribution in [0.2, 0.25) is 0 Å². The maximum absolute atomic E-state index is 12.3. The molecule has 0 saturated carbocycles. The van der Waals surface area contributed by atoms with Gasteiger partial charge in [0.1, 0.15) is 0 Å². The monoisotopic (exact) mass is 388 g/mol. The normalized spacial score (nSPS) is 17.4. The minimum Gasteiger partial charge on any atom is -0.326 e. The number of nitrogens with one attached hydrogen (secondary N) is 1. The Morgan fingerprint density at radius 3 is 2.55 bits per heavy atom. The Bertz CT molecular complexity index is 653. The lowest BCUT2D eigenvalue weighted by Gasteiger charge is -2.30. The average molecular weight is 389 g/mol. The van der Waals surface area contributed by atoms with Gasteiger partial charge in [0.2, 0.25) is 15.9 Å². The molecule has 2 rings (SSSR count). The Hall–Kier alpha value is -0.920. The number of halogens is 1. The van der Waals surface area contributed by atoms with E-state index in [0.717, 1.165) is 15.7 Å². The number of anilines is 1. The van der Waals surface area contributed by atoms with Gasteiger partial charge in [-0.1, -0.05) is 22.0 Å². The van der Waals surface area contributed by atoms with Gasteiger partial charge >= 0.3 is 0 Å². The summed E-state index contributed by atoms with van der Waals surface area (Å²) in [5, 5.41) is 2.91. The van der Waals surface area contributed by atoms with Gasteiger partial charge in [-0.25, -0.2) is 12.7 Å². The second-order valence-corrected chi connectivity index (χ2v) is 8.64. The van der Waals surface area contributed by atoms with E-state index in [-0.39, 0.29) is 17.6 Å². The SMILES string of the molecule is CCS(=O)(=O)N1CCC(C(=O)Nc2ccc(C)c(Br)c2)CC1. The van der Waals surface area contributed by atoms with Crippen molar-refractivity contribution < 1.29 is 13.2 Å². The van der Waals surface area contributed by atoms with Crippen molar-refractivity contribution in [1.29, 1.82) is 0 Å². The fourth-order valence-corrected chi connectivity index (χ4v) is 4.00. The highest BCUT2D eigenvalue weighted by Crippen LogP contribution is 2.24. The van der Waals surface area contributed by atoms with Gasteiger partial charge in [-0.15, -0.1) is 0 Å². The molecule has 1 heterocycles. The molecule has 0 spiro atoms. The third-order valence-electron chi connectivity index (χ3n) is 4.02. The van der Waals surface area contributed by atoms with Gasteiger partial charge in [-0.05, 0) is 44.4 Å². The molecule has 1 amide bonds. The molecule has 0 atom stereocenters. The second kappa shape index (κ2) is 7.10. The molecule has 7 heteroatoms. The van der Waals surface area contributed by atoms with Crippen LogP contribution >= 0.6 is 15.9 Å². The molecule has 0 aromatic heterocycles. The zero-order valence-corrected chi connectivity index (χ0v) is 15.2. The van der Waals surface area contributed by atoms with E-state index in [9.17, 15) is 13.2 Å². The lowest BCUT2D eigenvalue weighted by Crippen LogP contribution is -2.42. The number of carbonyl (C=O) groups is 1. The fourth-order valence-electron chi connectivity index (χ4n) is 2.49. The molecule has 5 nitrogen and oxygen atoms in total. The Morgan fingerprint density at radius 2 is 2.00 bits per heavy atom. The summed E-state index contributed by atoms with van der Waals surface area (Å²) in [4.78, 5) is 12.3. The van der Waals surface area contributed by atoms with Crippen molar-refractivity contribution in [3.8, 4) is 0 Å². The first kappa shape index (κ1) is 17.4. The zero-order valence-electron chi connectivity index (χ0n) is 12.8. The Labute approximate surface area is 140 Å². The lowest BCUT2D eigenvalue weighted by molar-refractivity contribution is -0.120. The maximum atomic E-state index is 12.3. The number of carbonyl (C=O) groups excluding carboxylic acids is 1. The highest BCUT2D eigenvalue weighted by atomic mass is 79.9. The van der Waals surface area contributed by atoms with E-state index in [2.05, 4.69) is 21.2 Å². The van der Waals surface area contributed by atoms with E-state index in [0.29, 0.717) is 25.9 Å². The van der Waals surface area contributed by atoms with E-state index >= 15 is 0 Å². The molecular weight excluding hydrogens is 368 g/mol. The van der Waals surface area contributed by atoms with Crippen LogP contribution in [0.15, 0.2) is 22.7 Å². The number of hydrogen-bond acceptors (Lipinski definition) is 3. The van der Waals surface area contributed by atoms with Crippen molar-refractivity contribution in [2.75, 3.05) is 24.2 Å². The second-order valence-electron chi connectivity index (χ2n) is 5.53. The van der Waals surface area contributed by atoms with Crippen molar-refractivity contribution >= 4 is 37.5 Å². The molecule has 0 bridgehead atoms. The largest absolute Gasteiger partial charge is 0.326 e. The van der Waals surface area contributed by atoms with E-state index in [4.69, 9.17) is 0 Å². The molecular formula is C15H21BrN2O3S. The topological polar surface area (TPSA) is 66.5 Å². The molecule has 1 saturated heterocycles. The minimum atomic E-state index is -3.14. The van der Waals surface area contributed by atoms with Crippen LogP contribution in [-0.2, 0) is 14.8 Å². The quantitative estimate of drug-likeness (QED) is 0.861. The van der Waals surface area contributed by atoms with Gasteiger partial charge in [0, 0.05) is 29.2 Å². The third-order valence-corrected chi connectivity index (χ3v) is 6.76. The van der Waals surface area contributed by atoms with Crippen molar-refractivity contribution in [1.82, 2.24) is 4.31 Å². The van der Waals surface area contributed by atoms with Gasteiger partial charge < -0.3 is 5.32 Å². The molecule has 1 fully saturated rings. The summed E-state index contributed by atoms with van der Waals surface area (Å²) in [6, 6.07) is 5.69. The summed E-state index contributed by atoms with van der Waals surface area (Å²) in [6.07, 6.45) is 1.14. The first-order chi connectivity index (χ1) is 10.3. The number of sulfonamides is 1. The third kappa shape index (κ3) is 4.08. The number of hydrogen-bond donors (Lipinski definition) is 1. The summed E-state index contributed by atoms with van der Waals surface area (Å²) in [7, 11) is -3.14. The van der Waals surface area contributed by atoms with Gasteiger partial charge in [-0.3, -0.25) is 4.79 Å². The van der Waals surface area contributed by atoms with Crippen LogP contribution in [0.3, 0.4) is 0 Å². The van der Waals surface area contributed by atoms with Gasteiger partial charge in [0.15, 0.2) is 0 Å². The number of amides is 1. The van der Waals surface area contributed by atoms with Gasteiger partial charge in [0.05, 0.1) is 5.75 Å². The molecule has 1 aromatic carbocycles. The summed E-state index contributed by atoms with van der Waals surface area (Å²) in [5.74, 6) is -0.0611. The number of piperidine rings is 1. The lowest BCUT2D eigenvalue weighted by atomic mass is 9.97. The van der Waals surface area contributed by atoms with E-state index in [1.54, 1.807) is 6.92 Å². The first-order valence-corrected chi connectivity index (χ1v) is 9.78. The van der Waals surface area contributed by atoms with Crippen LogP contribution in [0.25, 0.3) is 0 Å². The van der Waals surface area contributed by atoms with Crippen molar-refractivity contribution in [2.45, 2.75) is 26.7 Å². The van der Waals surface area contributed by atoms with Crippen molar-refractivity contribution in [3.05, 3.63) is 28.2 Å². The van der Waals surface area contributed by atoms with Gasteiger partial charge in [-0.2, -0.15) is 0 Å². The predicted molar refractivity (Wildman–Crippen MR) is 91.3 cm³/mol. The molecule has 1 aliphatic rings. The molecule has 1 N–H and O–H groups in total. The van der Waals surface area contributed by atoms with E-state index in [1.165, 1.54) is 4.31 Å².